The summed E-state index contributed by atoms with van der Waals surface area (Å²) in [5, 5.41) is 12.0. The molecule has 0 aliphatic carbocycles. The van der Waals surface area contributed by atoms with Crippen LogP contribution in [0.5, 0.6) is 5.75 Å². The Labute approximate surface area is 107 Å². The third-order valence-corrected chi connectivity index (χ3v) is 2.36. The van der Waals surface area contributed by atoms with Crippen molar-refractivity contribution in [1.29, 1.82) is 0 Å². The van der Waals surface area contributed by atoms with Crippen LogP contribution in [0.1, 0.15) is 23.2 Å². The monoisotopic (exact) mass is 281 g/mol. The van der Waals surface area contributed by atoms with Gasteiger partial charge >= 0.3 is 6.18 Å². The minimum Gasteiger partial charge on any atom is -0.507 e. The fourth-order valence-electron chi connectivity index (χ4n) is 1.28. The molecule has 0 aliphatic heterocycles. The van der Waals surface area contributed by atoms with Gasteiger partial charge in [-0.3, -0.25) is 4.79 Å². The number of phenolic OH excluding ortho intramolecular Hbond substituents is 1. The Morgan fingerprint density at radius 2 is 2.06 bits per heavy atom. The lowest BCUT2D eigenvalue weighted by molar-refractivity contribution is -0.135. The molecule has 0 atom stereocenters. The van der Waals surface area contributed by atoms with Crippen molar-refractivity contribution in [1.82, 2.24) is 5.32 Å². The lowest BCUT2D eigenvalue weighted by Crippen LogP contribution is -2.25. The van der Waals surface area contributed by atoms with Crippen molar-refractivity contribution in [3.05, 3.63) is 28.8 Å². The first-order valence-corrected chi connectivity index (χ1v) is 5.51. The zero-order valence-corrected chi connectivity index (χ0v) is 9.98. The van der Waals surface area contributed by atoms with Gasteiger partial charge < -0.3 is 10.4 Å². The SMILES string of the molecule is O=C(NCCCC(F)(F)F)c1ccc(Cl)cc1O. The number of aromatic hydroxyl groups is 1. The molecule has 0 aliphatic rings. The predicted octanol–water partition coefficient (Wildman–Crippen LogP) is 3.12. The molecule has 0 heterocycles. The van der Waals surface area contributed by atoms with Gasteiger partial charge in [-0.2, -0.15) is 13.2 Å². The van der Waals surface area contributed by atoms with E-state index in [0.717, 1.165) is 0 Å². The second-order valence-corrected chi connectivity index (χ2v) is 4.07. The molecule has 1 amide bonds. The number of hydrogen-bond acceptors (Lipinski definition) is 2. The molecule has 0 radical (unpaired) electrons. The van der Waals surface area contributed by atoms with Crippen LogP contribution in [0.15, 0.2) is 18.2 Å². The van der Waals surface area contributed by atoms with Crippen molar-refractivity contribution in [3.8, 4) is 5.75 Å². The fraction of sp³-hybridized carbons (Fsp3) is 0.364. The predicted molar refractivity (Wildman–Crippen MR) is 60.7 cm³/mol. The van der Waals surface area contributed by atoms with Gasteiger partial charge in [0, 0.05) is 18.0 Å². The van der Waals surface area contributed by atoms with E-state index >= 15 is 0 Å². The van der Waals surface area contributed by atoms with E-state index in [9.17, 15) is 23.1 Å². The van der Waals surface area contributed by atoms with Crippen molar-refractivity contribution < 1.29 is 23.1 Å². The third kappa shape index (κ3) is 4.83. The molecule has 0 unspecified atom stereocenters. The number of hydrogen-bond donors (Lipinski definition) is 2. The van der Waals surface area contributed by atoms with Crippen molar-refractivity contribution in [3.63, 3.8) is 0 Å². The maximum atomic E-state index is 11.8. The van der Waals surface area contributed by atoms with Crippen LogP contribution in [0.3, 0.4) is 0 Å². The fourth-order valence-corrected chi connectivity index (χ4v) is 1.45. The van der Waals surface area contributed by atoms with Gasteiger partial charge in [-0.15, -0.1) is 0 Å². The summed E-state index contributed by atoms with van der Waals surface area (Å²) in [6.07, 6.45) is -5.39. The van der Waals surface area contributed by atoms with Gasteiger partial charge in [-0.25, -0.2) is 0 Å². The second-order valence-electron chi connectivity index (χ2n) is 3.64. The van der Waals surface area contributed by atoms with E-state index < -0.39 is 18.5 Å². The molecular formula is C11H11ClF3NO2. The number of carbonyl (C=O) groups excluding carboxylic acids is 1. The molecule has 1 aromatic carbocycles. The summed E-state index contributed by atoms with van der Waals surface area (Å²) in [5.74, 6) is -0.942. The Balaban J connectivity index is 2.46. The van der Waals surface area contributed by atoms with Gasteiger partial charge in [0.1, 0.15) is 5.75 Å². The molecule has 7 heteroatoms. The van der Waals surface area contributed by atoms with Gasteiger partial charge in [-0.05, 0) is 24.6 Å². The van der Waals surface area contributed by atoms with Gasteiger partial charge in [0.2, 0.25) is 0 Å². The Morgan fingerprint density at radius 3 is 2.61 bits per heavy atom. The van der Waals surface area contributed by atoms with E-state index in [-0.39, 0.29) is 29.3 Å². The summed E-state index contributed by atoms with van der Waals surface area (Å²) in [6, 6.07) is 3.90. The molecule has 0 bridgehead atoms. The minimum atomic E-state index is -4.23. The van der Waals surface area contributed by atoms with E-state index in [0.29, 0.717) is 0 Å². The van der Waals surface area contributed by atoms with Crippen LogP contribution in [0.25, 0.3) is 0 Å². The van der Waals surface area contributed by atoms with Crippen LogP contribution in [0.4, 0.5) is 13.2 Å². The molecule has 0 spiro atoms. The lowest BCUT2D eigenvalue weighted by atomic mass is 10.2. The molecule has 0 aromatic heterocycles. The molecule has 2 N–H and O–H groups in total. The third-order valence-electron chi connectivity index (χ3n) is 2.13. The highest BCUT2D eigenvalue weighted by Crippen LogP contribution is 2.22. The van der Waals surface area contributed by atoms with Crippen molar-refractivity contribution in [2.75, 3.05) is 6.54 Å². The summed E-state index contributed by atoms with van der Waals surface area (Å²) in [4.78, 5) is 11.5. The molecule has 3 nitrogen and oxygen atoms in total. The Kier molecular flexibility index (Phi) is 4.84. The number of halogens is 4. The average molecular weight is 282 g/mol. The summed E-state index contributed by atoms with van der Waals surface area (Å²) in [5.41, 5.74) is -0.0218. The zero-order valence-electron chi connectivity index (χ0n) is 9.22. The normalized spacial score (nSPS) is 11.3. The summed E-state index contributed by atoms with van der Waals surface area (Å²) >= 11 is 5.58. The van der Waals surface area contributed by atoms with Crippen molar-refractivity contribution >= 4 is 17.5 Å². The van der Waals surface area contributed by atoms with E-state index in [1.807, 2.05) is 0 Å². The van der Waals surface area contributed by atoms with Gasteiger partial charge in [0.25, 0.3) is 5.91 Å². The van der Waals surface area contributed by atoms with Crippen LogP contribution >= 0.6 is 11.6 Å². The number of carbonyl (C=O) groups is 1. The van der Waals surface area contributed by atoms with Crippen LogP contribution in [-0.4, -0.2) is 23.7 Å². The number of benzene rings is 1. The standard InChI is InChI=1S/C11H11ClF3NO2/c12-7-2-3-8(9(17)6-7)10(18)16-5-1-4-11(13,14)15/h2-3,6,17H,1,4-5H2,(H,16,18). The topological polar surface area (TPSA) is 49.3 Å². The largest absolute Gasteiger partial charge is 0.507 e. The Hall–Kier alpha value is -1.43. The number of nitrogens with one attached hydrogen (secondary N) is 1. The van der Waals surface area contributed by atoms with Crippen molar-refractivity contribution in [2.24, 2.45) is 0 Å². The van der Waals surface area contributed by atoms with Gasteiger partial charge in [0.05, 0.1) is 5.56 Å². The zero-order chi connectivity index (χ0) is 13.8. The number of amides is 1. The lowest BCUT2D eigenvalue weighted by Gasteiger charge is -2.08. The van der Waals surface area contributed by atoms with Crippen LogP contribution in [0.2, 0.25) is 5.02 Å². The van der Waals surface area contributed by atoms with Crippen LogP contribution in [-0.2, 0) is 0 Å². The first kappa shape index (κ1) is 14.6. The Morgan fingerprint density at radius 1 is 1.39 bits per heavy atom. The molecule has 100 valence electrons. The highest BCUT2D eigenvalue weighted by molar-refractivity contribution is 6.30. The van der Waals surface area contributed by atoms with E-state index in [1.54, 1.807) is 0 Å². The van der Waals surface area contributed by atoms with Gasteiger partial charge in [-0.1, -0.05) is 11.6 Å². The maximum Gasteiger partial charge on any atom is 0.389 e. The number of alkyl halides is 3. The molecule has 18 heavy (non-hydrogen) atoms. The van der Waals surface area contributed by atoms with Crippen LogP contribution < -0.4 is 5.32 Å². The van der Waals surface area contributed by atoms with Crippen molar-refractivity contribution in [2.45, 2.75) is 19.0 Å². The van der Waals surface area contributed by atoms with Crippen LogP contribution in [0, 0.1) is 0 Å². The minimum absolute atomic E-state index is 0.0218. The summed E-state index contributed by atoms with van der Waals surface area (Å²) in [6.45, 7) is -0.111. The molecule has 0 fully saturated rings. The molecule has 0 saturated heterocycles. The summed E-state index contributed by atoms with van der Waals surface area (Å²) < 4.78 is 35.5. The first-order chi connectivity index (χ1) is 8.29. The quantitative estimate of drug-likeness (QED) is 0.833. The van der Waals surface area contributed by atoms with E-state index in [1.165, 1.54) is 18.2 Å². The number of phenols is 1. The summed E-state index contributed by atoms with van der Waals surface area (Å²) in [7, 11) is 0. The van der Waals surface area contributed by atoms with E-state index in [2.05, 4.69) is 5.32 Å². The second kappa shape index (κ2) is 5.95. The molecule has 1 aromatic rings. The average Bonchev–Trinajstić information content (AvgIpc) is 2.22. The molecular weight excluding hydrogens is 271 g/mol. The molecule has 1 rings (SSSR count). The highest BCUT2D eigenvalue weighted by Gasteiger charge is 2.26. The Bertz CT molecular complexity index is 435. The van der Waals surface area contributed by atoms with E-state index in [4.69, 9.17) is 11.6 Å². The smallest absolute Gasteiger partial charge is 0.389 e. The maximum absolute atomic E-state index is 11.8. The molecule has 0 saturated carbocycles. The first-order valence-electron chi connectivity index (χ1n) is 5.13. The number of rotatable bonds is 4. The van der Waals surface area contributed by atoms with Gasteiger partial charge in [0.15, 0.2) is 0 Å². The highest BCUT2D eigenvalue weighted by atomic mass is 35.5.